The van der Waals surface area contributed by atoms with Gasteiger partial charge in [-0.25, -0.2) is 4.79 Å². The number of amides is 1. The van der Waals surface area contributed by atoms with Gasteiger partial charge in [0.25, 0.3) is 0 Å². The molecule has 0 radical (unpaired) electrons. The van der Waals surface area contributed by atoms with Gasteiger partial charge in [0, 0.05) is 0 Å². The molecule has 4 nitrogen and oxygen atoms in total. The molecule has 0 saturated heterocycles. The highest BCUT2D eigenvalue weighted by Gasteiger charge is 2.07. The molecule has 0 bridgehead atoms. The second kappa shape index (κ2) is 5.24. The van der Waals surface area contributed by atoms with Crippen LogP contribution in [0.4, 0.5) is 16.2 Å². The molecule has 1 aromatic carbocycles. The van der Waals surface area contributed by atoms with E-state index in [0.717, 1.165) is 12.0 Å². The summed E-state index contributed by atoms with van der Waals surface area (Å²) in [7, 11) is 0. The number of nitrogens with two attached hydrogens (primary N) is 1. The number of nitrogen functional groups attached to an aromatic ring is 1. The van der Waals surface area contributed by atoms with E-state index in [1.54, 1.807) is 13.0 Å². The molecule has 0 unspecified atom stereocenters. The molecular weight excluding hydrogens is 192 g/mol. The summed E-state index contributed by atoms with van der Waals surface area (Å²) in [5.41, 5.74) is 8.10. The van der Waals surface area contributed by atoms with Crippen LogP contribution in [0.1, 0.15) is 19.4 Å². The number of para-hydroxylation sites is 1. The van der Waals surface area contributed by atoms with E-state index in [0.29, 0.717) is 18.0 Å². The first kappa shape index (κ1) is 11.4. The number of carbonyl (C=O) groups excluding carboxylic acids is 1. The largest absolute Gasteiger partial charge is 0.450 e. The highest BCUT2D eigenvalue weighted by Crippen LogP contribution is 2.23. The Morgan fingerprint density at radius 2 is 2.20 bits per heavy atom. The van der Waals surface area contributed by atoms with Crippen LogP contribution >= 0.6 is 0 Å². The fourth-order valence-electron chi connectivity index (χ4n) is 1.31. The smallest absolute Gasteiger partial charge is 0.411 e. The highest BCUT2D eigenvalue weighted by molar-refractivity contribution is 5.89. The molecule has 4 heteroatoms. The van der Waals surface area contributed by atoms with Gasteiger partial charge in [0.15, 0.2) is 0 Å². The normalized spacial score (nSPS) is 9.73. The molecule has 82 valence electrons. The average Bonchev–Trinajstić information content (AvgIpc) is 2.21. The van der Waals surface area contributed by atoms with E-state index in [1.807, 2.05) is 19.1 Å². The summed E-state index contributed by atoms with van der Waals surface area (Å²) in [5.74, 6) is 0. The maximum Gasteiger partial charge on any atom is 0.411 e. The molecule has 15 heavy (non-hydrogen) atoms. The van der Waals surface area contributed by atoms with Crippen LogP contribution in [0.2, 0.25) is 0 Å². The van der Waals surface area contributed by atoms with Gasteiger partial charge in [-0.15, -0.1) is 0 Å². The molecule has 0 aliphatic heterocycles. The lowest BCUT2D eigenvalue weighted by Crippen LogP contribution is -2.14. The minimum absolute atomic E-state index is 0.346. The van der Waals surface area contributed by atoms with Crippen LogP contribution in [0.15, 0.2) is 18.2 Å². The molecule has 1 rings (SSSR count). The predicted octanol–water partition coefficient (Wildman–Crippen LogP) is 2.40. The van der Waals surface area contributed by atoms with Crippen LogP contribution in [-0.4, -0.2) is 12.7 Å². The van der Waals surface area contributed by atoms with Gasteiger partial charge in [0.1, 0.15) is 0 Å². The quantitative estimate of drug-likeness (QED) is 0.749. The second-order valence-electron chi connectivity index (χ2n) is 3.08. The minimum atomic E-state index is -0.475. The Kier molecular flexibility index (Phi) is 3.97. The van der Waals surface area contributed by atoms with Gasteiger partial charge in [-0.1, -0.05) is 19.1 Å². The summed E-state index contributed by atoms with van der Waals surface area (Å²) in [6, 6.07) is 5.55. The standard InChI is InChI=1S/C11H16N2O2/c1-3-8-6-5-7-9(10(8)12)13-11(14)15-4-2/h5-7H,3-4,12H2,1-2H3,(H,13,14). The van der Waals surface area contributed by atoms with Crippen molar-refractivity contribution in [2.75, 3.05) is 17.7 Å². The number of nitrogens with one attached hydrogen (secondary N) is 1. The monoisotopic (exact) mass is 208 g/mol. The Hall–Kier alpha value is -1.71. The van der Waals surface area contributed by atoms with Gasteiger partial charge in [-0.05, 0) is 25.0 Å². The van der Waals surface area contributed by atoms with Crippen LogP contribution in [0.3, 0.4) is 0 Å². The lowest BCUT2D eigenvalue weighted by atomic mass is 10.1. The molecule has 0 fully saturated rings. The lowest BCUT2D eigenvalue weighted by Gasteiger charge is -2.10. The topological polar surface area (TPSA) is 64.3 Å². The van der Waals surface area contributed by atoms with Crippen molar-refractivity contribution < 1.29 is 9.53 Å². The van der Waals surface area contributed by atoms with E-state index in [1.165, 1.54) is 0 Å². The summed E-state index contributed by atoms with van der Waals surface area (Å²) in [6.45, 7) is 4.12. The van der Waals surface area contributed by atoms with Crippen LogP contribution in [-0.2, 0) is 11.2 Å². The van der Waals surface area contributed by atoms with Gasteiger partial charge >= 0.3 is 6.09 Å². The molecule has 0 spiro atoms. The Balaban J connectivity index is 2.81. The average molecular weight is 208 g/mol. The number of ether oxygens (including phenoxy) is 1. The Morgan fingerprint density at radius 3 is 2.80 bits per heavy atom. The zero-order chi connectivity index (χ0) is 11.3. The Bertz CT molecular complexity index is 350. The third kappa shape index (κ3) is 2.87. The summed E-state index contributed by atoms with van der Waals surface area (Å²) in [4.78, 5) is 11.2. The van der Waals surface area contributed by atoms with Gasteiger partial charge in [0.2, 0.25) is 0 Å². The summed E-state index contributed by atoms with van der Waals surface area (Å²) in [5, 5.41) is 2.60. The SMILES string of the molecule is CCOC(=O)Nc1cccc(CC)c1N. The van der Waals surface area contributed by atoms with Crippen LogP contribution < -0.4 is 11.1 Å². The number of anilines is 2. The summed E-state index contributed by atoms with van der Waals surface area (Å²) < 4.78 is 4.77. The molecule has 0 aromatic heterocycles. The Labute approximate surface area is 89.4 Å². The first-order chi connectivity index (χ1) is 7.19. The number of aryl methyl sites for hydroxylation is 1. The maximum atomic E-state index is 11.2. The fraction of sp³-hybridized carbons (Fsp3) is 0.364. The van der Waals surface area contributed by atoms with E-state index >= 15 is 0 Å². The predicted molar refractivity (Wildman–Crippen MR) is 60.9 cm³/mol. The van der Waals surface area contributed by atoms with Gasteiger partial charge < -0.3 is 10.5 Å². The van der Waals surface area contributed by atoms with Gasteiger partial charge in [-0.2, -0.15) is 0 Å². The molecule has 1 amide bonds. The molecule has 0 saturated carbocycles. The molecular formula is C11H16N2O2. The zero-order valence-corrected chi connectivity index (χ0v) is 9.04. The first-order valence-electron chi connectivity index (χ1n) is 5.00. The Morgan fingerprint density at radius 1 is 1.47 bits per heavy atom. The van der Waals surface area contributed by atoms with Crippen LogP contribution in [0.5, 0.6) is 0 Å². The van der Waals surface area contributed by atoms with E-state index < -0.39 is 6.09 Å². The van der Waals surface area contributed by atoms with E-state index in [4.69, 9.17) is 10.5 Å². The van der Waals surface area contributed by atoms with Gasteiger partial charge in [-0.3, -0.25) is 5.32 Å². The third-order valence-electron chi connectivity index (χ3n) is 2.09. The van der Waals surface area contributed by atoms with Crippen LogP contribution in [0.25, 0.3) is 0 Å². The number of rotatable bonds is 3. The molecule has 3 N–H and O–H groups in total. The summed E-state index contributed by atoms with van der Waals surface area (Å²) >= 11 is 0. The van der Waals surface area contributed by atoms with Crippen molar-refractivity contribution in [1.82, 2.24) is 0 Å². The van der Waals surface area contributed by atoms with E-state index in [9.17, 15) is 4.79 Å². The highest BCUT2D eigenvalue weighted by atomic mass is 16.5. The third-order valence-corrected chi connectivity index (χ3v) is 2.09. The molecule has 1 aromatic rings. The number of benzene rings is 1. The number of carbonyl (C=O) groups is 1. The van der Waals surface area contributed by atoms with E-state index in [-0.39, 0.29) is 0 Å². The zero-order valence-electron chi connectivity index (χ0n) is 9.04. The van der Waals surface area contributed by atoms with Crippen molar-refractivity contribution >= 4 is 17.5 Å². The number of hydrogen-bond acceptors (Lipinski definition) is 3. The molecule has 0 heterocycles. The van der Waals surface area contributed by atoms with Crippen molar-refractivity contribution in [2.24, 2.45) is 0 Å². The van der Waals surface area contributed by atoms with E-state index in [2.05, 4.69) is 5.32 Å². The fourth-order valence-corrected chi connectivity index (χ4v) is 1.31. The van der Waals surface area contributed by atoms with Crippen LogP contribution in [0, 0.1) is 0 Å². The van der Waals surface area contributed by atoms with Crippen molar-refractivity contribution in [3.63, 3.8) is 0 Å². The molecule has 0 atom stereocenters. The van der Waals surface area contributed by atoms with Gasteiger partial charge in [0.05, 0.1) is 18.0 Å². The van der Waals surface area contributed by atoms with Crippen molar-refractivity contribution in [2.45, 2.75) is 20.3 Å². The summed E-state index contributed by atoms with van der Waals surface area (Å²) in [6.07, 6.45) is 0.363. The van der Waals surface area contributed by atoms with Crippen molar-refractivity contribution in [1.29, 1.82) is 0 Å². The number of hydrogen-bond donors (Lipinski definition) is 2. The molecule has 0 aliphatic carbocycles. The maximum absolute atomic E-state index is 11.2. The van der Waals surface area contributed by atoms with Crippen molar-refractivity contribution in [3.05, 3.63) is 23.8 Å². The second-order valence-corrected chi connectivity index (χ2v) is 3.08. The lowest BCUT2D eigenvalue weighted by molar-refractivity contribution is 0.168. The first-order valence-corrected chi connectivity index (χ1v) is 5.00. The minimum Gasteiger partial charge on any atom is -0.450 e. The molecule has 0 aliphatic rings. The van der Waals surface area contributed by atoms with Crippen molar-refractivity contribution in [3.8, 4) is 0 Å².